The second kappa shape index (κ2) is 9.34. The van der Waals surface area contributed by atoms with E-state index in [1.165, 1.54) is 11.8 Å². The Kier molecular flexibility index (Phi) is 6.53. The molecule has 0 fully saturated rings. The van der Waals surface area contributed by atoms with Crippen LogP contribution in [0.15, 0.2) is 47.6 Å². The van der Waals surface area contributed by atoms with Crippen molar-refractivity contribution in [2.24, 2.45) is 0 Å². The third kappa shape index (κ3) is 4.25. The minimum absolute atomic E-state index is 0.0522. The normalized spacial score (nSPS) is 14.8. The highest BCUT2D eigenvalue weighted by Crippen LogP contribution is 2.44. The van der Waals surface area contributed by atoms with Crippen molar-refractivity contribution in [3.63, 3.8) is 0 Å². The highest BCUT2D eigenvalue weighted by atomic mass is 35.5. The SMILES string of the molecule is CCCC(=O)N1c2ccc(Cl)cc2-c2nnc(SC)nc2OC1c1ccc(N(C)C)cc1. The van der Waals surface area contributed by atoms with Gasteiger partial charge in [0.25, 0.3) is 0 Å². The van der Waals surface area contributed by atoms with E-state index in [4.69, 9.17) is 16.3 Å². The average Bonchev–Trinajstić information content (AvgIpc) is 2.93. The largest absolute Gasteiger partial charge is 0.447 e. The smallest absolute Gasteiger partial charge is 0.247 e. The fourth-order valence-corrected chi connectivity index (χ4v) is 4.05. The highest BCUT2D eigenvalue weighted by molar-refractivity contribution is 7.98. The van der Waals surface area contributed by atoms with Crippen LogP contribution in [0.4, 0.5) is 11.4 Å². The molecule has 4 rings (SSSR count). The third-order valence-corrected chi connectivity index (χ3v) is 5.95. The molecule has 0 saturated heterocycles. The van der Waals surface area contributed by atoms with Gasteiger partial charge in [0.2, 0.25) is 23.2 Å². The summed E-state index contributed by atoms with van der Waals surface area (Å²) in [5, 5.41) is 9.58. The number of benzene rings is 2. The van der Waals surface area contributed by atoms with E-state index in [0.717, 1.165) is 11.3 Å². The molecule has 1 unspecified atom stereocenters. The summed E-state index contributed by atoms with van der Waals surface area (Å²) < 4.78 is 6.41. The van der Waals surface area contributed by atoms with Gasteiger partial charge in [-0.1, -0.05) is 42.4 Å². The van der Waals surface area contributed by atoms with Crippen LogP contribution in [-0.4, -0.2) is 41.4 Å². The summed E-state index contributed by atoms with van der Waals surface area (Å²) in [5.41, 5.74) is 3.67. The van der Waals surface area contributed by atoms with Crippen molar-refractivity contribution in [3.8, 4) is 17.1 Å². The molecule has 0 bridgehead atoms. The summed E-state index contributed by atoms with van der Waals surface area (Å²) in [6, 6.07) is 13.3. The van der Waals surface area contributed by atoms with Crippen molar-refractivity contribution in [1.82, 2.24) is 15.2 Å². The number of anilines is 2. The Labute approximate surface area is 196 Å². The molecule has 7 nitrogen and oxygen atoms in total. The fraction of sp³-hybridized carbons (Fsp3) is 0.304. The number of carbonyl (C=O) groups is 1. The average molecular weight is 470 g/mol. The molecule has 3 aromatic rings. The van der Waals surface area contributed by atoms with Crippen molar-refractivity contribution in [3.05, 3.63) is 53.1 Å². The zero-order valence-electron chi connectivity index (χ0n) is 18.4. The Bertz CT molecular complexity index is 1140. The first-order valence-corrected chi connectivity index (χ1v) is 11.9. The van der Waals surface area contributed by atoms with E-state index < -0.39 is 6.23 Å². The number of fused-ring (bicyclic) bond motifs is 3. The first-order chi connectivity index (χ1) is 15.4. The molecule has 0 radical (unpaired) electrons. The molecule has 166 valence electrons. The van der Waals surface area contributed by atoms with Crippen LogP contribution in [0.3, 0.4) is 0 Å². The molecule has 0 spiro atoms. The van der Waals surface area contributed by atoms with Crippen LogP contribution in [0.1, 0.15) is 31.6 Å². The van der Waals surface area contributed by atoms with E-state index >= 15 is 0 Å². The van der Waals surface area contributed by atoms with E-state index in [1.54, 1.807) is 17.0 Å². The van der Waals surface area contributed by atoms with E-state index in [-0.39, 0.29) is 5.91 Å². The molecule has 1 aromatic heterocycles. The molecule has 0 aliphatic carbocycles. The lowest BCUT2D eigenvalue weighted by Gasteiger charge is -2.31. The summed E-state index contributed by atoms with van der Waals surface area (Å²) in [6.45, 7) is 1.98. The van der Waals surface area contributed by atoms with Crippen molar-refractivity contribution < 1.29 is 9.53 Å². The van der Waals surface area contributed by atoms with Crippen LogP contribution in [0.2, 0.25) is 5.02 Å². The molecule has 9 heteroatoms. The van der Waals surface area contributed by atoms with Gasteiger partial charge in [0.1, 0.15) is 0 Å². The van der Waals surface area contributed by atoms with Gasteiger partial charge in [0.05, 0.1) is 5.69 Å². The number of hydrogen-bond acceptors (Lipinski definition) is 7. The van der Waals surface area contributed by atoms with Gasteiger partial charge in [0.15, 0.2) is 5.69 Å². The van der Waals surface area contributed by atoms with Gasteiger partial charge in [-0.15, -0.1) is 10.2 Å². The highest BCUT2D eigenvalue weighted by Gasteiger charge is 2.35. The Morgan fingerprint density at radius 1 is 1.19 bits per heavy atom. The van der Waals surface area contributed by atoms with Crippen molar-refractivity contribution in [1.29, 1.82) is 0 Å². The van der Waals surface area contributed by atoms with Gasteiger partial charge in [-0.05, 0) is 43.0 Å². The summed E-state index contributed by atoms with van der Waals surface area (Å²) >= 11 is 7.70. The molecule has 1 atom stereocenters. The topological polar surface area (TPSA) is 71.5 Å². The van der Waals surface area contributed by atoms with Crippen LogP contribution in [0.25, 0.3) is 11.3 Å². The number of rotatable bonds is 5. The molecule has 1 amide bonds. The molecule has 2 aromatic carbocycles. The molecule has 1 aliphatic rings. The van der Waals surface area contributed by atoms with Crippen molar-refractivity contribution in [2.45, 2.75) is 31.1 Å². The van der Waals surface area contributed by atoms with Crippen molar-refractivity contribution in [2.75, 3.05) is 30.2 Å². The van der Waals surface area contributed by atoms with Crippen LogP contribution in [-0.2, 0) is 4.79 Å². The molecule has 32 heavy (non-hydrogen) atoms. The fourth-order valence-electron chi connectivity index (χ4n) is 3.58. The number of aromatic nitrogens is 3. The Balaban J connectivity index is 1.94. The number of hydrogen-bond donors (Lipinski definition) is 0. The number of amides is 1. The van der Waals surface area contributed by atoms with E-state index in [1.807, 2.05) is 62.5 Å². The lowest BCUT2D eigenvalue weighted by atomic mass is 10.1. The maximum atomic E-state index is 13.4. The first kappa shape index (κ1) is 22.4. The summed E-state index contributed by atoms with van der Waals surface area (Å²) in [6.07, 6.45) is 2.26. The standard InChI is InChI=1S/C23H24ClN5O2S/c1-5-6-19(30)29-18-12-9-15(24)13-17(18)20-21(25-23(32-4)27-26-20)31-22(29)14-7-10-16(11-8-14)28(2)3/h7-13,22H,5-6H2,1-4H3. The van der Waals surface area contributed by atoms with Gasteiger partial charge < -0.3 is 9.64 Å². The quantitative estimate of drug-likeness (QED) is 0.475. The number of nitrogens with zero attached hydrogens (tertiary/aromatic N) is 5. The monoisotopic (exact) mass is 469 g/mol. The van der Waals surface area contributed by atoms with Crippen LogP contribution >= 0.6 is 23.4 Å². The lowest BCUT2D eigenvalue weighted by molar-refractivity contribution is -0.120. The number of halogens is 1. The minimum atomic E-state index is -0.710. The number of thioether (sulfide) groups is 1. The maximum absolute atomic E-state index is 13.4. The Hall–Kier alpha value is -2.84. The first-order valence-electron chi connectivity index (χ1n) is 10.3. The molecular formula is C23H24ClN5O2S. The third-order valence-electron chi connectivity index (χ3n) is 5.18. The van der Waals surface area contributed by atoms with Gasteiger partial charge in [-0.2, -0.15) is 4.98 Å². The Morgan fingerprint density at radius 2 is 1.94 bits per heavy atom. The summed E-state index contributed by atoms with van der Waals surface area (Å²) in [7, 11) is 3.97. The number of carbonyl (C=O) groups excluding carboxylic acids is 1. The van der Waals surface area contributed by atoms with Crippen LogP contribution in [0.5, 0.6) is 5.88 Å². The molecule has 1 aliphatic heterocycles. The molecule has 0 N–H and O–H groups in total. The number of ether oxygens (including phenoxy) is 1. The van der Waals surface area contributed by atoms with Crippen molar-refractivity contribution >= 4 is 40.6 Å². The minimum Gasteiger partial charge on any atom is -0.447 e. The summed E-state index contributed by atoms with van der Waals surface area (Å²) in [5.74, 6) is 0.268. The zero-order chi connectivity index (χ0) is 22.8. The zero-order valence-corrected chi connectivity index (χ0v) is 19.9. The van der Waals surface area contributed by atoms with Gasteiger partial charge >= 0.3 is 0 Å². The van der Waals surface area contributed by atoms with Crippen LogP contribution in [0, 0.1) is 0 Å². The van der Waals surface area contributed by atoms with E-state index in [0.29, 0.717) is 45.8 Å². The van der Waals surface area contributed by atoms with Gasteiger partial charge in [0, 0.05) is 42.4 Å². The second-order valence-electron chi connectivity index (χ2n) is 7.58. The van der Waals surface area contributed by atoms with E-state index in [2.05, 4.69) is 15.2 Å². The Morgan fingerprint density at radius 3 is 2.59 bits per heavy atom. The predicted octanol–water partition coefficient (Wildman–Crippen LogP) is 5.20. The summed E-state index contributed by atoms with van der Waals surface area (Å²) in [4.78, 5) is 21.6. The molecular weight excluding hydrogens is 446 g/mol. The van der Waals surface area contributed by atoms with Gasteiger partial charge in [-0.25, -0.2) is 0 Å². The second-order valence-corrected chi connectivity index (χ2v) is 8.79. The van der Waals surface area contributed by atoms with E-state index in [9.17, 15) is 4.79 Å². The maximum Gasteiger partial charge on any atom is 0.247 e. The van der Waals surface area contributed by atoms with Gasteiger partial charge in [-0.3, -0.25) is 9.69 Å². The molecule has 0 saturated carbocycles. The van der Waals surface area contributed by atoms with Crippen LogP contribution < -0.4 is 14.5 Å². The lowest BCUT2D eigenvalue weighted by Crippen LogP contribution is -2.37. The molecule has 2 heterocycles. The predicted molar refractivity (Wildman–Crippen MR) is 129 cm³/mol.